The highest BCUT2D eigenvalue weighted by Crippen LogP contribution is 1.98. The summed E-state index contributed by atoms with van der Waals surface area (Å²) in [4.78, 5) is 0. The fourth-order valence-electron chi connectivity index (χ4n) is 0.357. The number of hydrogen-bond acceptors (Lipinski definition) is 2. The van der Waals surface area contributed by atoms with E-state index in [-0.39, 0.29) is 5.54 Å². The number of nitrogens with one attached hydrogen (secondary N) is 1. The zero-order valence-corrected chi connectivity index (χ0v) is 7.13. The first-order chi connectivity index (χ1) is 3.95. The van der Waals surface area contributed by atoms with Crippen LogP contribution in [0.1, 0.15) is 20.8 Å². The highest BCUT2D eigenvalue weighted by atomic mass is 32.1. The fraction of sp³-hybridized carbons (Fsp3) is 0.833. The van der Waals surface area contributed by atoms with Crippen LogP contribution >= 0.6 is 12.2 Å². The lowest BCUT2D eigenvalue weighted by atomic mass is 10.1. The lowest BCUT2D eigenvalue weighted by Crippen LogP contribution is -2.40. The second-order valence-corrected chi connectivity index (χ2v) is 3.24. The molecular formula is C6H13NOS. The predicted octanol–water partition coefficient (Wildman–Crippen LogP) is 1.31. The number of methoxy groups -OCH3 is 1. The van der Waals surface area contributed by atoms with Gasteiger partial charge in [-0.15, -0.1) is 0 Å². The van der Waals surface area contributed by atoms with Crippen LogP contribution in [0, 0.1) is 0 Å². The maximum atomic E-state index is 4.77. The largest absolute Gasteiger partial charge is 0.474 e. The smallest absolute Gasteiger partial charge is 0.256 e. The van der Waals surface area contributed by atoms with Crippen LogP contribution in [0.2, 0.25) is 0 Å². The van der Waals surface area contributed by atoms with E-state index in [0.717, 1.165) is 0 Å². The minimum absolute atomic E-state index is 0.00704. The molecule has 0 aromatic rings. The average molecular weight is 147 g/mol. The highest BCUT2D eigenvalue weighted by molar-refractivity contribution is 7.80. The number of ether oxygens (including phenoxy) is 1. The zero-order valence-electron chi connectivity index (χ0n) is 6.32. The quantitative estimate of drug-likeness (QED) is 0.522. The van der Waals surface area contributed by atoms with Gasteiger partial charge < -0.3 is 10.1 Å². The molecule has 0 aliphatic heterocycles. The molecule has 0 heterocycles. The minimum Gasteiger partial charge on any atom is -0.474 e. The number of thiocarbonyl (C=S) groups is 1. The molecular weight excluding hydrogens is 134 g/mol. The van der Waals surface area contributed by atoms with Gasteiger partial charge in [0.05, 0.1) is 7.11 Å². The SMILES string of the molecule is COC(=S)NC(C)(C)C. The Morgan fingerprint density at radius 1 is 1.44 bits per heavy atom. The molecule has 0 amide bonds. The molecule has 0 saturated heterocycles. The van der Waals surface area contributed by atoms with E-state index >= 15 is 0 Å². The molecule has 2 nitrogen and oxygen atoms in total. The number of rotatable bonds is 0. The van der Waals surface area contributed by atoms with Gasteiger partial charge >= 0.3 is 0 Å². The molecule has 0 aromatic carbocycles. The first-order valence-electron chi connectivity index (χ1n) is 2.82. The highest BCUT2D eigenvalue weighted by Gasteiger charge is 2.09. The average Bonchev–Trinajstić information content (AvgIpc) is 1.62. The van der Waals surface area contributed by atoms with Crippen molar-refractivity contribution in [3.63, 3.8) is 0 Å². The van der Waals surface area contributed by atoms with Crippen molar-refractivity contribution in [1.29, 1.82) is 0 Å². The fourth-order valence-corrected chi connectivity index (χ4v) is 0.663. The Labute approximate surface area is 61.6 Å². The summed E-state index contributed by atoms with van der Waals surface area (Å²) in [6.45, 7) is 6.08. The van der Waals surface area contributed by atoms with Gasteiger partial charge in [0.2, 0.25) is 0 Å². The van der Waals surface area contributed by atoms with Crippen molar-refractivity contribution < 1.29 is 4.74 Å². The van der Waals surface area contributed by atoms with Gasteiger partial charge in [-0.05, 0) is 33.0 Å². The van der Waals surface area contributed by atoms with E-state index in [1.807, 2.05) is 20.8 Å². The molecule has 0 saturated carbocycles. The van der Waals surface area contributed by atoms with Crippen molar-refractivity contribution in [2.24, 2.45) is 0 Å². The molecule has 0 aliphatic rings. The molecule has 0 rings (SSSR count). The van der Waals surface area contributed by atoms with Gasteiger partial charge in [-0.25, -0.2) is 0 Å². The normalized spacial score (nSPS) is 10.7. The lowest BCUT2D eigenvalue weighted by Gasteiger charge is -2.20. The third-order valence-electron chi connectivity index (χ3n) is 0.662. The van der Waals surface area contributed by atoms with Gasteiger partial charge in [0.15, 0.2) is 0 Å². The van der Waals surface area contributed by atoms with E-state index in [0.29, 0.717) is 5.17 Å². The summed E-state index contributed by atoms with van der Waals surface area (Å²) in [5.41, 5.74) is 0.00704. The summed E-state index contributed by atoms with van der Waals surface area (Å²) in [7, 11) is 1.56. The van der Waals surface area contributed by atoms with E-state index in [2.05, 4.69) is 5.32 Å². The molecule has 0 bridgehead atoms. The zero-order chi connectivity index (χ0) is 7.49. The second kappa shape index (κ2) is 3.01. The predicted molar refractivity (Wildman–Crippen MR) is 42.5 cm³/mol. The Balaban J connectivity index is 3.60. The first kappa shape index (κ1) is 8.69. The van der Waals surface area contributed by atoms with Crippen LogP contribution in [-0.4, -0.2) is 17.8 Å². The van der Waals surface area contributed by atoms with Crippen molar-refractivity contribution in [2.75, 3.05) is 7.11 Å². The van der Waals surface area contributed by atoms with Gasteiger partial charge in [0.25, 0.3) is 5.17 Å². The Hall–Kier alpha value is -0.310. The summed E-state index contributed by atoms with van der Waals surface area (Å²) >= 11 is 4.77. The molecule has 0 fully saturated rings. The number of hydrogen-bond donors (Lipinski definition) is 1. The third kappa shape index (κ3) is 5.56. The summed E-state index contributed by atoms with van der Waals surface area (Å²) in [5, 5.41) is 3.42. The Bertz CT molecular complexity index is 106. The van der Waals surface area contributed by atoms with E-state index in [9.17, 15) is 0 Å². The maximum absolute atomic E-state index is 4.77. The van der Waals surface area contributed by atoms with Gasteiger partial charge in [-0.3, -0.25) is 0 Å². The summed E-state index contributed by atoms with van der Waals surface area (Å²) in [6.07, 6.45) is 0. The van der Waals surface area contributed by atoms with Crippen LogP contribution in [-0.2, 0) is 4.74 Å². The molecule has 0 unspecified atom stereocenters. The maximum Gasteiger partial charge on any atom is 0.256 e. The Morgan fingerprint density at radius 3 is 2.00 bits per heavy atom. The van der Waals surface area contributed by atoms with E-state index < -0.39 is 0 Å². The molecule has 0 radical (unpaired) electrons. The monoisotopic (exact) mass is 147 g/mol. The van der Waals surface area contributed by atoms with Crippen LogP contribution < -0.4 is 5.32 Å². The lowest BCUT2D eigenvalue weighted by molar-refractivity contribution is 0.363. The van der Waals surface area contributed by atoms with Gasteiger partial charge in [-0.2, -0.15) is 0 Å². The molecule has 0 atom stereocenters. The van der Waals surface area contributed by atoms with Crippen molar-refractivity contribution in [3.8, 4) is 0 Å². The van der Waals surface area contributed by atoms with E-state index in [1.165, 1.54) is 0 Å². The van der Waals surface area contributed by atoms with Gasteiger partial charge in [0.1, 0.15) is 0 Å². The molecule has 54 valence electrons. The summed E-state index contributed by atoms with van der Waals surface area (Å²) in [6, 6.07) is 0. The van der Waals surface area contributed by atoms with Crippen LogP contribution in [0.4, 0.5) is 0 Å². The Kier molecular flexibility index (Phi) is 2.91. The molecule has 3 heteroatoms. The van der Waals surface area contributed by atoms with Crippen molar-refractivity contribution in [2.45, 2.75) is 26.3 Å². The molecule has 1 N–H and O–H groups in total. The third-order valence-corrected chi connectivity index (χ3v) is 0.931. The molecule has 9 heavy (non-hydrogen) atoms. The van der Waals surface area contributed by atoms with Crippen LogP contribution in [0.3, 0.4) is 0 Å². The summed E-state index contributed by atoms with van der Waals surface area (Å²) < 4.78 is 4.75. The standard InChI is InChI=1S/C6H13NOS/c1-6(2,3)7-5(9)8-4/h1-4H3,(H,7,9). The topological polar surface area (TPSA) is 21.3 Å². The van der Waals surface area contributed by atoms with E-state index in [1.54, 1.807) is 7.11 Å². The first-order valence-corrected chi connectivity index (χ1v) is 3.22. The Morgan fingerprint density at radius 2 is 1.89 bits per heavy atom. The minimum atomic E-state index is 0.00704. The molecule has 0 aromatic heterocycles. The van der Waals surface area contributed by atoms with E-state index in [4.69, 9.17) is 17.0 Å². The van der Waals surface area contributed by atoms with Crippen LogP contribution in [0.15, 0.2) is 0 Å². The summed E-state index contributed by atoms with van der Waals surface area (Å²) in [5.74, 6) is 0. The molecule has 0 spiro atoms. The van der Waals surface area contributed by atoms with Gasteiger partial charge in [0, 0.05) is 5.54 Å². The van der Waals surface area contributed by atoms with Crippen molar-refractivity contribution in [1.82, 2.24) is 5.32 Å². The van der Waals surface area contributed by atoms with Crippen molar-refractivity contribution in [3.05, 3.63) is 0 Å². The van der Waals surface area contributed by atoms with Crippen molar-refractivity contribution >= 4 is 17.4 Å². The van der Waals surface area contributed by atoms with Crippen LogP contribution in [0.25, 0.3) is 0 Å². The molecule has 0 aliphatic carbocycles. The second-order valence-electron chi connectivity index (χ2n) is 2.87. The van der Waals surface area contributed by atoms with Gasteiger partial charge in [-0.1, -0.05) is 0 Å². The van der Waals surface area contributed by atoms with Crippen LogP contribution in [0.5, 0.6) is 0 Å².